The summed E-state index contributed by atoms with van der Waals surface area (Å²) in [5.74, 6) is 0.133. The quantitative estimate of drug-likeness (QED) is 0.893. The van der Waals surface area contributed by atoms with Crippen molar-refractivity contribution < 1.29 is 9.59 Å². The summed E-state index contributed by atoms with van der Waals surface area (Å²) in [6.07, 6.45) is 3.78. The highest BCUT2D eigenvalue weighted by molar-refractivity contribution is 5.94. The van der Waals surface area contributed by atoms with Crippen LogP contribution in [0.15, 0.2) is 24.3 Å². The van der Waals surface area contributed by atoms with Crippen molar-refractivity contribution in [2.75, 3.05) is 26.2 Å². The summed E-state index contributed by atoms with van der Waals surface area (Å²) in [6.45, 7) is 4.61. The highest BCUT2D eigenvalue weighted by Gasteiger charge is 2.35. The van der Waals surface area contributed by atoms with E-state index in [2.05, 4.69) is 0 Å². The maximum atomic E-state index is 12.9. The first kappa shape index (κ1) is 19.7. The van der Waals surface area contributed by atoms with Crippen LogP contribution in [0.25, 0.3) is 0 Å². The van der Waals surface area contributed by atoms with Gasteiger partial charge in [-0.05, 0) is 44.7 Å². The van der Waals surface area contributed by atoms with Crippen LogP contribution in [0.1, 0.15) is 41.6 Å². The highest BCUT2D eigenvalue weighted by atomic mass is 35.5. The lowest BCUT2D eigenvalue weighted by molar-refractivity contribution is -0.137. The normalized spacial score (nSPS) is 23.3. The Labute approximate surface area is 155 Å². The number of benzene rings is 1. The Morgan fingerprint density at radius 1 is 1.12 bits per heavy atom. The highest BCUT2D eigenvalue weighted by Crippen LogP contribution is 2.25. The number of likely N-dealkylation sites (tertiary alicyclic amines) is 2. The molecule has 138 valence electrons. The van der Waals surface area contributed by atoms with Gasteiger partial charge < -0.3 is 15.5 Å². The van der Waals surface area contributed by atoms with E-state index in [1.54, 1.807) is 0 Å². The Hall–Kier alpha value is -1.59. The summed E-state index contributed by atoms with van der Waals surface area (Å²) >= 11 is 0. The van der Waals surface area contributed by atoms with Gasteiger partial charge in [0.25, 0.3) is 5.91 Å². The molecule has 2 fully saturated rings. The maximum absolute atomic E-state index is 12.9. The molecule has 0 bridgehead atoms. The van der Waals surface area contributed by atoms with Gasteiger partial charge in [-0.2, -0.15) is 0 Å². The lowest BCUT2D eigenvalue weighted by atomic mass is 9.95. The van der Waals surface area contributed by atoms with Crippen molar-refractivity contribution in [3.63, 3.8) is 0 Å². The smallest absolute Gasteiger partial charge is 0.253 e. The summed E-state index contributed by atoms with van der Waals surface area (Å²) in [5.41, 5.74) is 7.64. The monoisotopic (exact) mass is 365 g/mol. The summed E-state index contributed by atoms with van der Waals surface area (Å²) in [6, 6.07) is 7.83. The molecule has 6 heteroatoms. The molecule has 0 saturated carbocycles. The molecule has 0 spiro atoms. The van der Waals surface area contributed by atoms with E-state index in [1.807, 2.05) is 41.0 Å². The largest absolute Gasteiger partial charge is 0.338 e. The second-order valence-corrected chi connectivity index (χ2v) is 7.02. The Kier molecular flexibility index (Phi) is 6.85. The minimum Gasteiger partial charge on any atom is -0.338 e. The average molecular weight is 366 g/mol. The van der Waals surface area contributed by atoms with Gasteiger partial charge in [0.15, 0.2) is 0 Å². The predicted octanol–water partition coefficient (Wildman–Crippen LogP) is 2.22. The molecule has 0 aliphatic carbocycles. The molecule has 2 amide bonds. The third-order valence-corrected chi connectivity index (χ3v) is 5.29. The Morgan fingerprint density at radius 3 is 2.48 bits per heavy atom. The molecule has 2 unspecified atom stereocenters. The number of piperidine rings is 1. The van der Waals surface area contributed by atoms with Crippen molar-refractivity contribution in [3.05, 3.63) is 35.4 Å². The first-order chi connectivity index (χ1) is 11.6. The van der Waals surface area contributed by atoms with E-state index in [4.69, 9.17) is 5.73 Å². The third kappa shape index (κ3) is 4.33. The van der Waals surface area contributed by atoms with Crippen LogP contribution in [0.3, 0.4) is 0 Å². The van der Waals surface area contributed by atoms with E-state index in [1.165, 1.54) is 0 Å². The molecule has 2 heterocycles. The van der Waals surface area contributed by atoms with Gasteiger partial charge in [-0.25, -0.2) is 0 Å². The van der Waals surface area contributed by atoms with Crippen LogP contribution >= 0.6 is 12.4 Å². The SMILES string of the molecule is Cc1ccc(C(=O)N2CCCC(C(=O)N3CCCC3CN)C2)cc1.Cl. The minimum absolute atomic E-state index is 0. The zero-order valence-corrected chi connectivity index (χ0v) is 15.6. The zero-order valence-electron chi connectivity index (χ0n) is 14.8. The van der Waals surface area contributed by atoms with Crippen LogP contribution in [-0.4, -0.2) is 53.8 Å². The molecule has 0 aromatic heterocycles. The maximum Gasteiger partial charge on any atom is 0.253 e. The van der Waals surface area contributed by atoms with Crippen LogP contribution in [0.5, 0.6) is 0 Å². The van der Waals surface area contributed by atoms with Gasteiger partial charge in [0.1, 0.15) is 0 Å². The fourth-order valence-corrected chi connectivity index (χ4v) is 3.85. The Balaban J connectivity index is 0.00000225. The van der Waals surface area contributed by atoms with Crippen LogP contribution in [0.2, 0.25) is 0 Å². The van der Waals surface area contributed by atoms with E-state index >= 15 is 0 Å². The molecular formula is C19H28ClN3O2. The van der Waals surface area contributed by atoms with E-state index in [0.717, 1.165) is 44.3 Å². The van der Waals surface area contributed by atoms with E-state index in [0.29, 0.717) is 18.7 Å². The molecule has 1 aromatic carbocycles. The van der Waals surface area contributed by atoms with Crippen molar-refractivity contribution in [1.82, 2.24) is 9.80 Å². The molecule has 5 nitrogen and oxygen atoms in total. The fraction of sp³-hybridized carbons (Fsp3) is 0.579. The summed E-state index contributed by atoms with van der Waals surface area (Å²) in [5, 5.41) is 0. The molecule has 25 heavy (non-hydrogen) atoms. The first-order valence-electron chi connectivity index (χ1n) is 8.96. The third-order valence-electron chi connectivity index (χ3n) is 5.29. The first-order valence-corrected chi connectivity index (χ1v) is 8.96. The molecule has 2 aliphatic heterocycles. The fourth-order valence-electron chi connectivity index (χ4n) is 3.85. The number of carbonyl (C=O) groups is 2. The molecule has 2 N–H and O–H groups in total. The molecule has 1 aromatic rings. The van der Waals surface area contributed by atoms with Gasteiger partial charge in [-0.3, -0.25) is 9.59 Å². The standard InChI is InChI=1S/C19H27N3O2.ClH/c1-14-6-8-15(9-7-14)18(23)21-10-2-4-16(13-21)19(24)22-11-3-5-17(22)12-20;/h6-9,16-17H,2-5,10-13,20H2,1H3;1H. The number of hydrogen-bond acceptors (Lipinski definition) is 3. The number of carbonyl (C=O) groups excluding carboxylic acids is 2. The lowest BCUT2D eigenvalue weighted by Gasteiger charge is -2.35. The van der Waals surface area contributed by atoms with Crippen molar-refractivity contribution in [1.29, 1.82) is 0 Å². The molecule has 2 saturated heterocycles. The molecule has 3 rings (SSSR count). The molecule has 2 atom stereocenters. The van der Waals surface area contributed by atoms with Crippen LogP contribution in [0.4, 0.5) is 0 Å². The second kappa shape index (κ2) is 8.68. The van der Waals surface area contributed by atoms with Gasteiger partial charge >= 0.3 is 0 Å². The van der Waals surface area contributed by atoms with Crippen molar-refractivity contribution in [2.45, 2.75) is 38.6 Å². The number of hydrogen-bond donors (Lipinski definition) is 1. The van der Waals surface area contributed by atoms with Crippen molar-refractivity contribution in [3.8, 4) is 0 Å². The Morgan fingerprint density at radius 2 is 1.80 bits per heavy atom. The van der Waals surface area contributed by atoms with Gasteiger partial charge in [0.05, 0.1) is 5.92 Å². The van der Waals surface area contributed by atoms with Gasteiger partial charge in [-0.1, -0.05) is 17.7 Å². The number of amides is 2. The lowest BCUT2D eigenvalue weighted by Crippen LogP contribution is -2.49. The second-order valence-electron chi connectivity index (χ2n) is 7.02. The number of aryl methyl sites for hydroxylation is 1. The molecule has 2 aliphatic rings. The van der Waals surface area contributed by atoms with Crippen LogP contribution in [-0.2, 0) is 4.79 Å². The number of nitrogens with zero attached hydrogens (tertiary/aromatic N) is 2. The van der Waals surface area contributed by atoms with Gasteiger partial charge in [0, 0.05) is 37.8 Å². The van der Waals surface area contributed by atoms with Crippen molar-refractivity contribution >= 4 is 24.2 Å². The molecule has 0 radical (unpaired) electrons. The summed E-state index contributed by atoms with van der Waals surface area (Å²) in [4.78, 5) is 29.3. The van der Waals surface area contributed by atoms with E-state index in [9.17, 15) is 9.59 Å². The number of nitrogens with two attached hydrogens (primary N) is 1. The summed E-state index contributed by atoms with van der Waals surface area (Å²) in [7, 11) is 0. The predicted molar refractivity (Wildman–Crippen MR) is 101 cm³/mol. The average Bonchev–Trinajstić information content (AvgIpc) is 3.10. The minimum atomic E-state index is -0.0831. The van der Waals surface area contributed by atoms with E-state index in [-0.39, 0.29) is 36.2 Å². The zero-order chi connectivity index (χ0) is 17.1. The van der Waals surface area contributed by atoms with Gasteiger partial charge in [0.2, 0.25) is 5.91 Å². The van der Waals surface area contributed by atoms with E-state index < -0.39 is 0 Å². The number of halogens is 1. The van der Waals surface area contributed by atoms with Gasteiger partial charge in [-0.15, -0.1) is 12.4 Å². The van der Waals surface area contributed by atoms with Crippen molar-refractivity contribution in [2.24, 2.45) is 11.7 Å². The topological polar surface area (TPSA) is 66.6 Å². The van der Waals surface area contributed by atoms with Crippen LogP contribution in [0, 0.1) is 12.8 Å². The number of rotatable bonds is 3. The Bertz CT molecular complexity index is 605. The van der Waals surface area contributed by atoms with Crippen LogP contribution < -0.4 is 5.73 Å². The molecular weight excluding hydrogens is 338 g/mol. The summed E-state index contributed by atoms with van der Waals surface area (Å²) < 4.78 is 0.